The lowest BCUT2D eigenvalue weighted by Crippen LogP contribution is -2.31. The molecule has 1 saturated carbocycles. The molecule has 0 spiro atoms. The van der Waals surface area contributed by atoms with Crippen LogP contribution in [0.2, 0.25) is 0 Å². The van der Waals surface area contributed by atoms with Gasteiger partial charge in [-0.2, -0.15) is 0 Å². The second-order valence-electron chi connectivity index (χ2n) is 6.55. The Kier molecular flexibility index (Phi) is 3.76. The van der Waals surface area contributed by atoms with E-state index in [1.165, 1.54) is 18.6 Å². The Morgan fingerprint density at radius 3 is 2.39 bits per heavy atom. The van der Waals surface area contributed by atoms with Crippen LogP contribution >= 0.6 is 0 Å². The summed E-state index contributed by atoms with van der Waals surface area (Å²) >= 11 is 0. The summed E-state index contributed by atoms with van der Waals surface area (Å²) in [5.74, 6) is -0.215. The van der Waals surface area contributed by atoms with Gasteiger partial charge >= 0.3 is 0 Å². The number of hydrogen-bond acceptors (Lipinski definition) is 1. The van der Waals surface area contributed by atoms with Gasteiger partial charge in [-0.1, -0.05) is 32.4 Å². The van der Waals surface area contributed by atoms with Crippen LogP contribution in [0.3, 0.4) is 0 Å². The van der Waals surface area contributed by atoms with Crippen LogP contribution in [0.25, 0.3) is 0 Å². The standard InChI is InChI=1S/C16H23FO/c1-15(2)8-3-9-16(18,11-10-15)12-13-4-6-14(17)7-5-13/h4-7,18H,3,8-12H2,1-2H3. The molecule has 100 valence electrons. The molecule has 2 heteroatoms. The predicted molar refractivity (Wildman–Crippen MR) is 71.9 cm³/mol. The average molecular weight is 250 g/mol. The van der Waals surface area contributed by atoms with E-state index >= 15 is 0 Å². The van der Waals surface area contributed by atoms with Crippen molar-refractivity contribution in [3.63, 3.8) is 0 Å². The van der Waals surface area contributed by atoms with Crippen molar-refractivity contribution in [1.29, 1.82) is 0 Å². The molecular formula is C16H23FO. The fraction of sp³-hybridized carbons (Fsp3) is 0.625. The van der Waals surface area contributed by atoms with Gasteiger partial charge < -0.3 is 5.11 Å². The molecule has 0 amide bonds. The zero-order valence-electron chi connectivity index (χ0n) is 11.4. The van der Waals surface area contributed by atoms with Gasteiger partial charge in [0.1, 0.15) is 5.82 Å². The topological polar surface area (TPSA) is 20.2 Å². The molecule has 1 unspecified atom stereocenters. The van der Waals surface area contributed by atoms with Crippen LogP contribution in [-0.2, 0) is 6.42 Å². The first-order valence-corrected chi connectivity index (χ1v) is 6.86. The lowest BCUT2D eigenvalue weighted by molar-refractivity contribution is 0.0226. The van der Waals surface area contributed by atoms with E-state index in [4.69, 9.17) is 0 Å². The van der Waals surface area contributed by atoms with Crippen molar-refractivity contribution in [1.82, 2.24) is 0 Å². The highest BCUT2D eigenvalue weighted by Gasteiger charge is 2.33. The molecule has 18 heavy (non-hydrogen) atoms. The van der Waals surface area contributed by atoms with Gasteiger partial charge in [-0.3, -0.25) is 0 Å². The van der Waals surface area contributed by atoms with Crippen LogP contribution in [0, 0.1) is 11.2 Å². The van der Waals surface area contributed by atoms with Crippen molar-refractivity contribution in [3.05, 3.63) is 35.6 Å². The average Bonchev–Trinajstić information content (AvgIpc) is 2.42. The van der Waals surface area contributed by atoms with Gasteiger partial charge in [0.2, 0.25) is 0 Å². The summed E-state index contributed by atoms with van der Waals surface area (Å²) in [7, 11) is 0. The summed E-state index contributed by atoms with van der Waals surface area (Å²) in [4.78, 5) is 0. The number of hydrogen-bond donors (Lipinski definition) is 1. The molecule has 0 radical (unpaired) electrons. The van der Waals surface area contributed by atoms with Gasteiger partial charge in [0, 0.05) is 6.42 Å². The molecule has 1 aliphatic carbocycles. The van der Waals surface area contributed by atoms with E-state index in [1.807, 2.05) is 0 Å². The highest BCUT2D eigenvalue weighted by atomic mass is 19.1. The maximum absolute atomic E-state index is 12.9. The third-order valence-corrected chi connectivity index (χ3v) is 4.21. The van der Waals surface area contributed by atoms with Gasteiger partial charge in [-0.15, -0.1) is 0 Å². The van der Waals surface area contributed by atoms with E-state index in [1.54, 1.807) is 12.1 Å². The Morgan fingerprint density at radius 1 is 1.06 bits per heavy atom. The fourth-order valence-corrected chi connectivity index (χ4v) is 2.88. The monoisotopic (exact) mass is 250 g/mol. The first-order chi connectivity index (χ1) is 8.39. The number of halogens is 1. The molecule has 0 heterocycles. The molecule has 0 bridgehead atoms. The van der Waals surface area contributed by atoms with Crippen LogP contribution in [0.5, 0.6) is 0 Å². The van der Waals surface area contributed by atoms with Gasteiger partial charge in [0.15, 0.2) is 0 Å². The normalized spacial score (nSPS) is 27.8. The molecule has 1 aromatic carbocycles. The van der Waals surface area contributed by atoms with E-state index in [0.717, 1.165) is 31.2 Å². The van der Waals surface area contributed by atoms with Gasteiger partial charge in [-0.25, -0.2) is 4.39 Å². The lowest BCUT2D eigenvalue weighted by atomic mass is 9.83. The SMILES string of the molecule is CC1(C)CCCC(O)(Cc2ccc(F)cc2)CC1. The minimum absolute atomic E-state index is 0.215. The van der Waals surface area contributed by atoms with Crippen LogP contribution in [-0.4, -0.2) is 10.7 Å². The van der Waals surface area contributed by atoms with Crippen molar-refractivity contribution in [3.8, 4) is 0 Å². The third kappa shape index (κ3) is 3.55. The Balaban J connectivity index is 2.05. The second kappa shape index (κ2) is 5.00. The van der Waals surface area contributed by atoms with Crippen LogP contribution in [0.4, 0.5) is 4.39 Å². The third-order valence-electron chi connectivity index (χ3n) is 4.21. The molecule has 1 N–H and O–H groups in total. The molecule has 0 aromatic heterocycles. The van der Waals surface area contributed by atoms with E-state index in [0.29, 0.717) is 11.8 Å². The predicted octanol–water partition coefficient (Wildman–Crippen LogP) is 4.09. The number of rotatable bonds is 2. The smallest absolute Gasteiger partial charge is 0.123 e. The molecular weight excluding hydrogens is 227 g/mol. The number of benzene rings is 1. The van der Waals surface area contributed by atoms with E-state index in [-0.39, 0.29) is 5.82 Å². The van der Waals surface area contributed by atoms with Crippen LogP contribution in [0.1, 0.15) is 51.5 Å². The molecule has 1 atom stereocenters. The first kappa shape index (κ1) is 13.5. The highest BCUT2D eigenvalue weighted by Crippen LogP contribution is 2.39. The summed E-state index contributed by atoms with van der Waals surface area (Å²) in [6.45, 7) is 4.55. The zero-order valence-corrected chi connectivity index (χ0v) is 11.4. The second-order valence-corrected chi connectivity index (χ2v) is 6.55. The minimum Gasteiger partial charge on any atom is -0.390 e. The van der Waals surface area contributed by atoms with Crippen molar-refractivity contribution in [2.45, 2.75) is 58.0 Å². The minimum atomic E-state index is -0.606. The summed E-state index contributed by atoms with van der Waals surface area (Å²) in [6.07, 6.45) is 5.66. The van der Waals surface area contributed by atoms with Crippen molar-refractivity contribution < 1.29 is 9.50 Å². The Hall–Kier alpha value is -0.890. The fourth-order valence-electron chi connectivity index (χ4n) is 2.88. The molecule has 0 aliphatic heterocycles. The quantitative estimate of drug-likeness (QED) is 0.784. The van der Waals surface area contributed by atoms with E-state index in [9.17, 15) is 9.50 Å². The molecule has 1 aromatic rings. The maximum atomic E-state index is 12.9. The number of aliphatic hydroxyl groups is 1. The van der Waals surface area contributed by atoms with E-state index in [2.05, 4.69) is 13.8 Å². The summed E-state index contributed by atoms with van der Waals surface area (Å²) in [5, 5.41) is 10.7. The molecule has 1 aliphatic rings. The maximum Gasteiger partial charge on any atom is 0.123 e. The van der Waals surface area contributed by atoms with Gasteiger partial charge in [-0.05, 0) is 48.8 Å². The molecule has 1 nitrogen and oxygen atoms in total. The summed E-state index contributed by atoms with van der Waals surface area (Å²) < 4.78 is 12.9. The highest BCUT2D eigenvalue weighted by molar-refractivity contribution is 5.18. The van der Waals surface area contributed by atoms with Crippen molar-refractivity contribution in [2.24, 2.45) is 5.41 Å². The first-order valence-electron chi connectivity index (χ1n) is 6.86. The van der Waals surface area contributed by atoms with Crippen LogP contribution in [0.15, 0.2) is 24.3 Å². The molecule has 0 saturated heterocycles. The van der Waals surface area contributed by atoms with Crippen LogP contribution < -0.4 is 0 Å². The molecule has 2 rings (SSSR count). The van der Waals surface area contributed by atoms with Gasteiger partial charge in [0.05, 0.1) is 5.60 Å². The lowest BCUT2D eigenvalue weighted by Gasteiger charge is -2.28. The Bertz CT molecular complexity index is 396. The Morgan fingerprint density at radius 2 is 1.72 bits per heavy atom. The van der Waals surface area contributed by atoms with E-state index < -0.39 is 5.60 Å². The summed E-state index contributed by atoms with van der Waals surface area (Å²) in [6, 6.07) is 6.51. The summed E-state index contributed by atoms with van der Waals surface area (Å²) in [5.41, 5.74) is 0.761. The van der Waals surface area contributed by atoms with Crippen molar-refractivity contribution in [2.75, 3.05) is 0 Å². The zero-order chi connectivity index (χ0) is 13.2. The van der Waals surface area contributed by atoms with Gasteiger partial charge in [0.25, 0.3) is 0 Å². The Labute approximate surface area is 109 Å². The van der Waals surface area contributed by atoms with Crippen molar-refractivity contribution >= 4 is 0 Å². The largest absolute Gasteiger partial charge is 0.390 e. The molecule has 1 fully saturated rings.